The van der Waals surface area contributed by atoms with Crippen molar-refractivity contribution in [3.63, 3.8) is 0 Å². The molecular formula is C8H13N3O. The first-order valence-electron chi connectivity index (χ1n) is 4.02. The van der Waals surface area contributed by atoms with Crippen LogP contribution < -0.4 is 5.32 Å². The van der Waals surface area contributed by atoms with Gasteiger partial charge in [-0.1, -0.05) is 6.92 Å². The second-order valence-corrected chi connectivity index (χ2v) is 2.65. The van der Waals surface area contributed by atoms with E-state index in [2.05, 4.69) is 15.5 Å². The highest BCUT2D eigenvalue weighted by atomic mass is 16.1. The summed E-state index contributed by atoms with van der Waals surface area (Å²) in [5, 5.41) is 9.42. The molecule has 1 amide bonds. The maximum atomic E-state index is 11.0. The van der Waals surface area contributed by atoms with Crippen LogP contribution in [0.3, 0.4) is 0 Å². The molecule has 0 saturated carbocycles. The average molecular weight is 167 g/mol. The minimum atomic E-state index is 0.0138. The standard InChI is InChI=1S/C8H13N3O/c1-3-8(12)10-6(2)7-4-5-9-11-7/h4-6H,3H2,1-2H3,(H,9,11)(H,10,12). The highest BCUT2D eigenvalue weighted by Gasteiger charge is 2.07. The first kappa shape index (κ1) is 8.77. The van der Waals surface area contributed by atoms with Gasteiger partial charge in [0.25, 0.3) is 0 Å². The van der Waals surface area contributed by atoms with Crippen molar-refractivity contribution in [2.24, 2.45) is 0 Å². The number of hydrogen-bond donors (Lipinski definition) is 2. The van der Waals surface area contributed by atoms with E-state index in [4.69, 9.17) is 0 Å². The molecule has 2 N–H and O–H groups in total. The Labute approximate surface area is 71.4 Å². The van der Waals surface area contributed by atoms with E-state index < -0.39 is 0 Å². The number of nitrogens with one attached hydrogen (secondary N) is 2. The largest absolute Gasteiger partial charge is 0.348 e. The molecular weight excluding hydrogens is 154 g/mol. The Bertz CT molecular complexity index is 243. The van der Waals surface area contributed by atoms with E-state index in [9.17, 15) is 4.79 Å². The van der Waals surface area contributed by atoms with Crippen LogP contribution in [0.5, 0.6) is 0 Å². The lowest BCUT2D eigenvalue weighted by atomic mass is 10.2. The van der Waals surface area contributed by atoms with E-state index in [1.165, 1.54) is 0 Å². The summed E-state index contributed by atoms with van der Waals surface area (Å²) in [5.74, 6) is 0.0529. The van der Waals surface area contributed by atoms with E-state index in [0.29, 0.717) is 6.42 Å². The quantitative estimate of drug-likeness (QED) is 0.705. The van der Waals surface area contributed by atoms with Gasteiger partial charge in [-0.15, -0.1) is 0 Å². The van der Waals surface area contributed by atoms with Gasteiger partial charge in [-0.3, -0.25) is 9.89 Å². The van der Waals surface area contributed by atoms with Crippen molar-refractivity contribution in [1.82, 2.24) is 15.5 Å². The Balaban J connectivity index is 2.49. The van der Waals surface area contributed by atoms with E-state index in [1.54, 1.807) is 6.20 Å². The Morgan fingerprint density at radius 2 is 2.58 bits per heavy atom. The van der Waals surface area contributed by atoms with Crippen LogP contribution in [0.15, 0.2) is 12.3 Å². The minimum absolute atomic E-state index is 0.0138. The molecule has 0 aromatic carbocycles. The fourth-order valence-electron chi connectivity index (χ4n) is 0.929. The zero-order chi connectivity index (χ0) is 8.97. The summed E-state index contributed by atoms with van der Waals surface area (Å²) in [7, 11) is 0. The molecule has 0 aliphatic heterocycles. The van der Waals surface area contributed by atoms with Crippen molar-refractivity contribution >= 4 is 5.91 Å². The molecule has 0 aliphatic rings. The number of aromatic amines is 1. The van der Waals surface area contributed by atoms with Gasteiger partial charge in [0.15, 0.2) is 0 Å². The van der Waals surface area contributed by atoms with Crippen LogP contribution in [0.1, 0.15) is 32.0 Å². The van der Waals surface area contributed by atoms with Gasteiger partial charge in [-0.25, -0.2) is 0 Å². The van der Waals surface area contributed by atoms with Crippen molar-refractivity contribution in [3.8, 4) is 0 Å². The van der Waals surface area contributed by atoms with Gasteiger partial charge >= 0.3 is 0 Å². The molecule has 1 aromatic heterocycles. The molecule has 4 heteroatoms. The Morgan fingerprint density at radius 1 is 1.83 bits per heavy atom. The molecule has 12 heavy (non-hydrogen) atoms. The van der Waals surface area contributed by atoms with E-state index in [-0.39, 0.29) is 11.9 Å². The van der Waals surface area contributed by atoms with Gasteiger partial charge in [0.05, 0.1) is 11.7 Å². The Hall–Kier alpha value is -1.32. The average Bonchev–Trinajstić information content (AvgIpc) is 2.56. The topological polar surface area (TPSA) is 57.8 Å². The van der Waals surface area contributed by atoms with Gasteiger partial charge in [0.2, 0.25) is 5.91 Å². The zero-order valence-corrected chi connectivity index (χ0v) is 7.29. The zero-order valence-electron chi connectivity index (χ0n) is 7.29. The van der Waals surface area contributed by atoms with E-state index in [0.717, 1.165) is 5.69 Å². The molecule has 1 heterocycles. The highest BCUT2D eigenvalue weighted by Crippen LogP contribution is 2.06. The molecule has 4 nitrogen and oxygen atoms in total. The van der Waals surface area contributed by atoms with Crippen LogP contribution in [0.4, 0.5) is 0 Å². The summed E-state index contributed by atoms with van der Waals surface area (Å²) >= 11 is 0. The maximum Gasteiger partial charge on any atom is 0.220 e. The summed E-state index contributed by atoms with van der Waals surface area (Å²) < 4.78 is 0. The van der Waals surface area contributed by atoms with Crippen molar-refractivity contribution in [2.75, 3.05) is 0 Å². The summed E-state index contributed by atoms with van der Waals surface area (Å²) in [6.45, 7) is 3.75. The predicted octanol–water partition coefficient (Wildman–Crippen LogP) is 0.997. The number of rotatable bonds is 3. The summed E-state index contributed by atoms with van der Waals surface area (Å²) in [4.78, 5) is 11.0. The third-order valence-electron chi connectivity index (χ3n) is 1.69. The monoisotopic (exact) mass is 167 g/mol. The first-order valence-corrected chi connectivity index (χ1v) is 4.02. The number of H-pyrrole nitrogens is 1. The fourth-order valence-corrected chi connectivity index (χ4v) is 0.929. The van der Waals surface area contributed by atoms with Crippen LogP contribution in [-0.2, 0) is 4.79 Å². The smallest absolute Gasteiger partial charge is 0.220 e. The lowest BCUT2D eigenvalue weighted by Crippen LogP contribution is -2.25. The third-order valence-corrected chi connectivity index (χ3v) is 1.69. The molecule has 0 radical (unpaired) electrons. The number of carbonyl (C=O) groups excluding carboxylic acids is 1. The molecule has 0 saturated heterocycles. The highest BCUT2D eigenvalue weighted by molar-refractivity contribution is 5.75. The number of hydrogen-bond acceptors (Lipinski definition) is 2. The molecule has 0 bridgehead atoms. The van der Waals surface area contributed by atoms with Crippen LogP contribution >= 0.6 is 0 Å². The van der Waals surface area contributed by atoms with Gasteiger partial charge in [0.1, 0.15) is 0 Å². The summed E-state index contributed by atoms with van der Waals surface area (Å²) in [6.07, 6.45) is 2.18. The molecule has 66 valence electrons. The number of carbonyl (C=O) groups is 1. The molecule has 0 fully saturated rings. The van der Waals surface area contributed by atoms with Gasteiger partial charge in [-0.2, -0.15) is 5.10 Å². The van der Waals surface area contributed by atoms with Crippen molar-refractivity contribution in [3.05, 3.63) is 18.0 Å². The molecule has 0 spiro atoms. The first-order chi connectivity index (χ1) is 5.74. The second kappa shape index (κ2) is 3.90. The number of amides is 1. The SMILES string of the molecule is CCC(=O)NC(C)c1ccn[nH]1. The Morgan fingerprint density at radius 3 is 3.08 bits per heavy atom. The van der Waals surface area contributed by atoms with Crippen molar-refractivity contribution in [1.29, 1.82) is 0 Å². The third kappa shape index (κ3) is 2.08. The minimum Gasteiger partial charge on any atom is -0.348 e. The van der Waals surface area contributed by atoms with Crippen LogP contribution in [-0.4, -0.2) is 16.1 Å². The fraction of sp³-hybridized carbons (Fsp3) is 0.500. The van der Waals surface area contributed by atoms with Gasteiger partial charge < -0.3 is 5.32 Å². The molecule has 1 aromatic rings. The maximum absolute atomic E-state index is 11.0. The van der Waals surface area contributed by atoms with Crippen LogP contribution in [0.2, 0.25) is 0 Å². The molecule has 0 aliphatic carbocycles. The van der Waals surface area contributed by atoms with Crippen molar-refractivity contribution in [2.45, 2.75) is 26.3 Å². The van der Waals surface area contributed by atoms with Gasteiger partial charge in [0, 0.05) is 12.6 Å². The van der Waals surface area contributed by atoms with Crippen LogP contribution in [0.25, 0.3) is 0 Å². The second-order valence-electron chi connectivity index (χ2n) is 2.65. The number of aromatic nitrogens is 2. The number of nitrogens with zero attached hydrogens (tertiary/aromatic N) is 1. The van der Waals surface area contributed by atoms with E-state index >= 15 is 0 Å². The van der Waals surface area contributed by atoms with Gasteiger partial charge in [-0.05, 0) is 13.0 Å². The molecule has 1 unspecified atom stereocenters. The molecule has 1 atom stereocenters. The lowest BCUT2D eigenvalue weighted by molar-refractivity contribution is -0.121. The van der Waals surface area contributed by atoms with Crippen molar-refractivity contribution < 1.29 is 4.79 Å². The van der Waals surface area contributed by atoms with E-state index in [1.807, 2.05) is 19.9 Å². The summed E-state index contributed by atoms with van der Waals surface area (Å²) in [5.41, 5.74) is 0.928. The molecule has 1 rings (SSSR count). The van der Waals surface area contributed by atoms with Crippen LogP contribution in [0, 0.1) is 0 Å². The lowest BCUT2D eigenvalue weighted by Gasteiger charge is -2.10. The normalized spacial score (nSPS) is 12.5. The summed E-state index contributed by atoms with van der Waals surface area (Å²) in [6, 6.07) is 1.86. The Kier molecular flexibility index (Phi) is 2.85. The predicted molar refractivity (Wildman–Crippen MR) is 45.4 cm³/mol.